The Morgan fingerprint density at radius 3 is 2.59 bits per heavy atom. The fraction of sp³-hybridized carbons (Fsp3) is 0.500. The van der Waals surface area contributed by atoms with E-state index >= 15 is 0 Å². The van der Waals surface area contributed by atoms with Gasteiger partial charge in [-0.2, -0.15) is 4.31 Å². The number of amides is 1. The van der Waals surface area contributed by atoms with E-state index in [2.05, 4.69) is 11.0 Å². The van der Waals surface area contributed by atoms with Gasteiger partial charge in [-0.05, 0) is 36.4 Å². The molecule has 0 saturated carbocycles. The van der Waals surface area contributed by atoms with Gasteiger partial charge in [0.05, 0.1) is 17.7 Å². The number of halogens is 1. The Balaban J connectivity index is 1.35. The first kappa shape index (κ1) is 23.7. The predicted octanol–water partition coefficient (Wildman–Crippen LogP) is 2.92. The second kappa shape index (κ2) is 10.6. The van der Waals surface area contributed by atoms with Gasteiger partial charge < -0.3 is 9.64 Å². The molecule has 3 heterocycles. The number of piperazine rings is 1. The number of carbonyl (C=O) groups is 1. The summed E-state index contributed by atoms with van der Waals surface area (Å²) in [5, 5.41) is 2.25. The van der Waals surface area contributed by atoms with Gasteiger partial charge in [-0.3, -0.25) is 9.69 Å². The summed E-state index contributed by atoms with van der Waals surface area (Å²) in [6.07, 6.45) is 2.25. The summed E-state index contributed by atoms with van der Waals surface area (Å²) in [6, 6.07) is 10.6. The van der Waals surface area contributed by atoms with E-state index in [-0.39, 0.29) is 35.0 Å². The second-order valence-corrected chi connectivity index (χ2v) is 11.4. The van der Waals surface area contributed by atoms with E-state index in [1.54, 1.807) is 34.4 Å². The minimum absolute atomic E-state index is 0.0225. The largest absolute Gasteiger partial charge is 0.377 e. The van der Waals surface area contributed by atoms with Crippen molar-refractivity contribution < 1.29 is 17.9 Å². The van der Waals surface area contributed by atoms with E-state index in [4.69, 9.17) is 16.3 Å². The second-order valence-electron chi connectivity index (χ2n) is 8.10. The Morgan fingerprint density at radius 2 is 1.94 bits per heavy atom. The molecule has 2 saturated heterocycles. The van der Waals surface area contributed by atoms with Crippen LogP contribution in [0.1, 0.15) is 17.7 Å². The van der Waals surface area contributed by atoms with E-state index in [1.165, 1.54) is 15.2 Å². The van der Waals surface area contributed by atoms with Gasteiger partial charge in [0.25, 0.3) is 0 Å². The third-order valence-electron chi connectivity index (χ3n) is 5.85. The summed E-state index contributed by atoms with van der Waals surface area (Å²) in [5.41, 5.74) is 0. The Kier molecular flexibility index (Phi) is 7.86. The zero-order valence-corrected chi connectivity index (χ0v) is 20.2. The highest BCUT2D eigenvalue weighted by atomic mass is 35.5. The fourth-order valence-electron chi connectivity index (χ4n) is 4.15. The molecule has 0 radical (unpaired) electrons. The van der Waals surface area contributed by atoms with Gasteiger partial charge in [0.1, 0.15) is 4.90 Å². The monoisotopic (exact) mass is 497 g/mol. The van der Waals surface area contributed by atoms with Crippen molar-refractivity contribution in [2.24, 2.45) is 0 Å². The number of sulfonamides is 1. The number of hydrogen-bond donors (Lipinski definition) is 0. The molecule has 1 atom stereocenters. The standard InChI is InChI=1S/C22H28ClN3O4S2/c23-20-7-1-2-8-21(20)32(28,29)26-11-9-25(10-12-26)22(27)17-24(15-18-5-3-13-30-18)16-19-6-4-14-31-19/h1-2,4,6-8,14,18H,3,5,9-13,15-17H2. The van der Waals surface area contributed by atoms with Crippen LogP contribution in [0.3, 0.4) is 0 Å². The molecule has 2 fully saturated rings. The lowest BCUT2D eigenvalue weighted by Crippen LogP contribution is -2.52. The maximum Gasteiger partial charge on any atom is 0.244 e. The fourth-order valence-corrected chi connectivity index (χ4v) is 6.81. The van der Waals surface area contributed by atoms with E-state index < -0.39 is 10.0 Å². The summed E-state index contributed by atoms with van der Waals surface area (Å²) >= 11 is 7.79. The summed E-state index contributed by atoms with van der Waals surface area (Å²) in [5.74, 6) is 0.0225. The Morgan fingerprint density at radius 1 is 1.16 bits per heavy atom. The number of ether oxygens (including phenoxy) is 1. The van der Waals surface area contributed by atoms with E-state index in [1.807, 2.05) is 11.4 Å². The van der Waals surface area contributed by atoms with Crippen molar-refractivity contribution in [1.82, 2.24) is 14.1 Å². The van der Waals surface area contributed by atoms with Gasteiger partial charge in [0.2, 0.25) is 15.9 Å². The summed E-state index contributed by atoms with van der Waals surface area (Å²) in [4.78, 5) is 18.3. The van der Waals surface area contributed by atoms with Crippen molar-refractivity contribution in [3.8, 4) is 0 Å². The molecular formula is C22H28ClN3O4S2. The minimum atomic E-state index is -3.68. The number of benzene rings is 1. The van der Waals surface area contributed by atoms with Crippen LogP contribution in [0.5, 0.6) is 0 Å². The maximum absolute atomic E-state index is 13.0. The molecule has 2 aromatic rings. The number of thiophene rings is 1. The van der Waals surface area contributed by atoms with Crippen LogP contribution in [0, 0.1) is 0 Å². The molecule has 32 heavy (non-hydrogen) atoms. The zero-order chi connectivity index (χ0) is 22.6. The third-order valence-corrected chi connectivity index (χ3v) is 9.11. The van der Waals surface area contributed by atoms with Gasteiger partial charge in [-0.25, -0.2) is 8.42 Å². The van der Waals surface area contributed by atoms with Crippen LogP contribution in [-0.4, -0.2) is 80.4 Å². The molecular weight excluding hydrogens is 470 g/mol. The summed E-state index contributed by atoms with van der Waals surface area (Å²) < 4.78 is 33.1. The highest BCUT2D eigenvalue weighted by Gasteiger charge is 2.32. The number of carbonyl (C=O) groups excluding carboxylic acids is 1. The van der Waals surface area contributed by atoms with Gasteiger partial charge in [-0.15, -0.1) is 11.3 Å². The molecule has 4 rings (SSSR count). The Bertz CT molecular complexity index is 1000. The molecule has 0 N–H and O–H groups in total. The molecule has 1 unspecified atom stereocenters. The van der Waals surface area contributed by atoms with Crippen molar-refractivity contribution in [2.45, 2.75) is 30.4 Å². The van der Waals surface area contributed by atoms with Crippen LogP contribution in [0.4, 0.5) is 0 Å². The minimum Gasteiger partial charge on any atom is -0.377 e. The predicted molar refractivity (Wildman–Crippen MR) is 125 cm³/mol. The van der Waals surface area contributed by atoms with E-state index in [0.29, 0.717) is 26.2 Å². The van der Waals surface area contributed by atoms with E-state index in [9.17, 15) is 13.2 Å². The molecule has 10 heteroatoms. The van der Waals surface area contributed by atoms with Gasteiger partial charge in [0, 0.05) is 50.8 Å². The lowest BCUT2D eigenvalue weighted by atomic mass is 10.2. The van der Waals surface area contributed by atoms with Crippen molar-refractivity contribution in [2.75, 3.05) is 45.9 Å². The van der Waals surface area contributed by atoms with Gasteiger partial charge in [-0.1, -0.05) is 29.8 Å². The van der Waals surface area contributed by atoms with Crippen LogP contribution >= 0.6 is 22.9 Å². The molecule has 2 aliphatic rings. The van der Waals surface area contributed by atoms with E-state index in [0.717, 1.165) is 26.0 Å². The molecule has 2 aliphatic heterocycles. The molecule has 0 spiro atoms. The molecule has 1 amide bonds. The lowest BCUT2D eigenvalue weighted by Gasteiger charge is -2.35. The van der Waals surface area contributed by atoms with Crippen LogP contribution in [0.25, 0.3) is 0 Å². The molecule has 0 bridgehead atoms. The number of hydrogen-bond acceptors (Lipinski definition) is 6. The zero-order valence-electron chi connectivity index (χ0n) is 17.9. The van der Waals surface area contributed by atoms with Crippen molar-refractivity contribution in [3.63, 3.8) is 0 Å². The lowest BCUT2D eigenvalue weighted by molar-refractivity contribution is -0.134. The molecule has 0 aliphatic carbocycles. The number of rotatable bonds is 8. The Hall–Kier alpha value is -1.49. The first-order chi connectivity index (χ1) is 15.4. The summed E-state index contributed by atoms with van der Waals surface area (Å²) in [6.45, 7) is 3.79. The SMILES string of the molecule is O=C(CN(Cc1cccs1)CC1CCCO1)N1CCN(S(=O)(=O)c2ccccc2Cl)CC1. The van der Waals surface area contributed by atoms with Crippen LogP contribution in [-0.2, 0) is 26.1 Å². The normalized spacial score (nSPS) is 20.2. The first-order valence-corrected chi connectivity index (χ1v) is 13.5. The highest BCUT2D eigenvalue weighted by molar-refractivity contribution is 7.89. The van der Waals surface area contributed by atoms with Crippen molar-refractivity contribution in [3.05, 3.63) is 51.7 Å². The van der Waals surface area contributed by atoms with Crippen LogP contribution in [0.15, 0.2) is 46.7 Å². The van der Waals surface area contributed by atoms with Crippen LogP contribution in [0.2, 0.25) is 5.02 Å². The van der Waals surface area contributed by atoms with Gasteiger partial charge in [0.15, 0.2) is 0 Å². The van der Waals surface area contributed by atoms with Crippen molar-refractivity contribution in [1.29, 1.82) is 0 Å². The summed E-state index contributed by atoms with van der Waals surface area (Å²) in [7, 11) is -3.68. The third kappa shape index (κ3) is 5.70. The molecule has 1 aromatic heterocycles. The van der Waals surface area contributed by atoms with Gasteiger partial charge >= 0.3 is 0 Å². The number of nitrogens with zero attached hydrogens (tertiary/aromatic N) is 3. The maximum atomic E-state index is 13.0. The first-order valence-electron chi connectivity index (χ1n) is 10.8. The topological polar surface area (TPSA) is 70.2 Å². The smallest absolute Gasteiger partial charge is 0.244 e. The average molecular weight is 498 g/mol. The molecule has 7 nitrogen and oxygen atoms in total. The average Bonchev–Trinajstić information content (AvgIpc) is 3.48. The molecule has 174 valence electrons. The highest BCUT2D eigenvalue weighted by Crippen LogP contribution is 2.25. The Labute approximate surface area is 198 Å². The van der Waals surface area contributed by atoms with Crippen molar-refractivity contribution >= 4 is 38.9 Å². The quantitative estimate of drug-likeness (QED) is 0.561. The molecule has 1 aromatic carbocycles. The van der Waals surface area contributed by atoms with Crippen LogP contribution < -0.4 is 0 Å².